The highest BCUT2D eigenvalue weighted by atomic mass is 16.6. The molecule has 0 radical (unpaired) electrons. The lowest BCUT2D eigenvalue weighted by Gasteiger charge is -2.13. The summed E-state index contributed by atoms with van der Waals surface area (Å²) in [6, 6.07) is 6.25. The predicted molar refractivity (Wildman–Crippen MR) is 106 cm³/mol. The SMILES string of the molecule is COC(=O)c1ccccc1Cn1cc(NC(=O)C(C)n2ncc([N+](=O)[O-])c2C)cn1. The van der Waals surface area contributed by atoms with Gasteiger partial charge in [-0.05, 0) is 25.5 Å². The van der Waals surface area contributed by atoms with Gasteiger partial charge in [-0.1, -0.05) is 18.2 Å². The van der Waals surface area contributed by atoms with Crippen LogP contribution in [-0.2, 0) is 16.1 Å². The van der Waals surface area contributed by atoms with Gasteiger partial charge in [0.25, 0.3) is 0 Å². The average Bonchev–Trinajstić information content (AvgIpc) is 3.33. The summed E-state index contributed by atoms with van der Waals surface area (Å²) in [4.78, 5) is 34.9. The number of methoxy groups -OCH3 is 1. The zero-order valence-electron chi connectivity index (χ0n) is 16.6. The number of aromatic nitrogens is 4. The Balaban J connectivity index is 1.71. The van der Waals surface area contributed by atoms with Crippen LogP contribution < -0.4 is 5.32 Å². The largest absolute Gasteiger partial charge is 0.465 e. The van der Waals surface area contributed by atoms with E-state index in [1.54, 1.807) is 42.1 Å². The van der Waals surface area contributed by atoms with Crippen LogP contribution in [0.3, 0.4) is 0 Å². The highest BCUT2D eigenvalue weighted by molar-refractivity contribution is 5.93. The summed E-state index contributed by atoms with van der Waals surface area (Å²) in [5, 5.41) is 21.8. The molecule has 2 heterocycles. The summed E-state index contributed by atoms with van der Waals surface area (Å²) < 4.78 is 7.66. The Morgan fingerprint density at radius 1 is 1.27 bits per heavy atom. The average molecular weight is 412 g/mol. The van der Waals surface area contributed by atoms with Crippen LogP contribution in [-0.4, -0.2) is 43.5 Å². The summed E-state index contributed by atoms with van der Waals surface area (Å²) in [6.45, 7) is 3.43. The van der Waals surface area contributed by atoms with E-state index in [9.17, 15) is 19.7 Å². The second-order valence-corrected chi connectivity index (χ2v) is 6.56. The van der Waals surface area contributed by atoms with Crippen LogP contribution in [0.1, 0.15) is 34.6 Å². The summed E-state index contributed by atoms with van der Waals surface area (Å²) in [5.41, 5.74) is 1.75. The first kappa shape index (κ1) is 20.7. The van der Waals surface area contributed by atoms with Crippen LogP contribution in [0.25, 0.3) is 0 Å². The van der Waals surface area contributed by atoms with Gasteiger partial charge in [0.2, 0.25) is 5.91 Å². The van der Waals surface area contributed by atoms with Gasteiger partial charge >= 0.3 is 11.7 Å². The first-order valence-electron chi connectivity index (χ1n) is 8.99. The van der Waals surface area contributed by atoms with E-state index in [1.165, 1.54) is 24.9 Å². The van der Waals surface area contributed by atoms with Crippen molar-refractivity contribution in [2.24, 2.45) is 0 Å². The maximum Gasteiger partial charge on any atom is 0.338 e. The number of carbonyl (C=O) groups is 2. The fourth-order valence-electron chi connectivity index (χ4n) is 3.00. The predicted octanol–water partition coefficient (Wildman–Crippen LogP) is 2.33. The molecule has 0 bridgehead atoms. The third-order valence-corrected chi connectivity index (χ3v) is 4.62. The molecule has 0 aliphatic carbocycles. The van der Waals surface area contributed by atoms with E-state index in [-0.39, 0.29) is 11.4 Å². The van der Waals surface area contributed by atoms with Crippen molar-refractivity contribution in [2.75, 3.05) is 12.4 Å². The molecule has 1 unspecified atom stereocenters. The van der Waals surface area contributed by atoms with Gasteiger partial charge in [0.15, 0.2) is 0 Å². The zero-order valence-corrected chi connectivity index (χ0v) is 16.6. The van der Waals surface area contributed by atoms with Crippen molar-refractivity contribution in [1.29, 1.82) is 0 Å². The smallest absolute Gasteiger partial charge is 0.338 e. The zero-order chi connectivity index (χ0) is 21.8. The Labute approximate surface area is 171 Å². The summed E-state index contributed by atoms with van der Waals surface area (Å²) in [6.07, 6.45) is 4.22. The van der Waals surface area contributed by atoms with Gasteiger partial charge in [-0.15, -0.1) is 0 Å². The standard InChI is InChI=1S/C19H20N6O5/c1-12-17(25(28)29)9-21-24(12)13(2)18(26)22-15-8-20-23(11-15)10-14-6-4-5-7-16(14)19(27)30-3/h4-9,11,13H,10H2,1-3H3,(H,22,26). The summed E-state index contributed by atoms with van der Waals surface area (Å²) in [5.74, 6) is -0.839. The molecule has 0 aliphatic rings. The molecular formula is C19H20N6O5. The van der Waals surface area contributed by atoms with Gasteiger partial charge in [-0.2, -0.15) is 10.2 Å². The lowest BCUT2D eigenvalue weighted by Crippen LogP contribution is -2.25. The number of hydrogen-bond acceptors (Lipinski definition) is 7. The molecule has 1 atom stereocenters. The number of amides is 1. The third-order valence-electron chi connectivity index (χ3n) is 4.62. The summed E-state index contributed by atoms with van der Waals surface area (Å²) >= 11 is 0. The van der Waals surface area contributed by atoms with Crippen molar-refractivity contribution in [3.63, 3.8) is 0 Å². The fraction of sp³-hybridized carbons (Fsp3) is 0.263. The molecule has 2 aromatic heterocycles. The van der Waals surface area contributed by atoms with Gasteiger partial charge in [0.1, 0.15) is 17.9 Å². The van der Waals surface area contributed by atoms with Gasteiger partial charge in [-0.3, -0.25) is 24.3 Å². The number of nitrogens with zero attached hydrogens (tertiary/aromatic N) is 5. The van der Waals surface area contributed by atoms with Crippen molar-refractivity contribution in [3.8, 4) is 0 Å². The minimum Gasteiger partial charge on any atom is -0.465 e. The molecule has 1 N–H and O–H groups in total. The molecule has 0 saturated carbocycles. The normalized spacial score (nSPS) is 11.7. The van der Waals surface area contributed by atoms with E-state index >= 15 is 0 Å². The molecule has 1 amide bonds. The lowest BCUT2D eigenvalue weighted by molar-refractivity contribution is -0.385. The number of anilines is 1. The second-order valence-electron chi connectivity index (χ2n) is 6.56. The van der Waals surface area contributed by atoms with Crippen molar-refractivity contribution < 1.29 is 19.2 Å². The first-order chi connectivity index (χ1) is 14.3. The number of rotatable bonds is 7. The lowest BCUT2D eigenvalue weighted by atomic mass is 10.1. The minimum atomic E-state index is -0.762. The molecule has 11 nitrogen and oxygen atoms in total. The number of nitrogens with one attached hydrogen (secondary N) is 1. The highest BCUT2D eigenvalue weighted by Crippen LogP contribution is 2.21. The molecule has 0 fully saturated rings. The number of hydrogen-bond donors (Lipinski definition) is 1. The molecule has 3 rings (SSSR count). The van der Waals surface area contributed by atoms with E-state index in [0.717, 1.165) is 11.8 Å². The van der Waals surface area contributed by atoms with Crippen LogP contribution in [0.2, 0.25) is 0 Å². The van der Waals surface area contributed by atoms with Crippen molar-refractivity contribution in [2.45, 2.75) is 26.4 Å². The van der Waals surface area contributed by atoms with Crippen LogP contribution >= 0.6 is 0 Å². The Hall–Kier alpha value is -4.02. The topological polar surface area (TPSA) is 134 Å². The molecule has 1 aromatic carbocycles. The number of ether oxygens (including phenoxy) is 1. The van der Waals surface area contributed by atoms with Crippen molar-refractivity contribution in [1.82, 2.24) is 19.6 Å². The van der Waals surface area contributed by atoms with Crippen LogP contribution in [0.5, 0.6) is 0 Å². The van der Waals surface area contributed by atoms with Gasteiger partial charge in [0.05, 0.1) is 36.0 Å². The number of esters is 1. The van der Waals surface area contributed by atoms with Gasteiger partial charge in [0, 0.05) is 6.20 Å². The summed E-state index contributed by atoms with van der Waals surface area (Å²) in [7, 11) is 1.32. The molecule has 30 heavy (non-hydrogen) atoms. The van der Waals surface area contributed by atoms with E-state index in [4.69, 9.17) is 4.74 Å². The first-order valence-corrected chi connectivity index (χ1v) is 8.99. The third kappa shape index (κ3) is 4.19. The Morgan fingerprint density at radius 2 is 2.00 bits per heavy atom. The Bertz CT molecular complexity index is 1100. The Kier molecular flexibility index (Phi) is 5.90. The minimum absolute atomic E-state index is 0.147. The van der Waals surface area contributed by atoms with Crippen LogP contribution in [0.4, 0.5) is 11.4 Å². The molecule has 0 spiro atoms. The maximum atomic E-state index is 12.6. The number of carbonyl (C=O) groups excluding carboxylic acids is 2. The van der Waals surface area contributed by atoms with Crippen LogP contribution in [0, 0.1) is 17.0 Å². The monoisotopic (exact) mass is 412 g/mol. The fourth-order valence-corrected chi connectivity index (χ4v) is 3.00. The molecule has 0 saturated heterocycles. The number of nitro groups is 1. The maximum absolute atomic E-state index is 12.6. The Morgan fingerprint density at radius 3 is 2.67 bits per heavy atom. The van der Waals surface area contributed by atoms with E-state index < -0.39 is 22.8 Å². The van der Waals surface area contributed by atoms with Gasteiger partial charge < -0.3 is 10.1 Å². The molecule has 11 heteroatoms. The van der Waals surface area contributed by atoms with E-state index in [2.05, 4.69) is 15.5 Å². The van der Waals surface area contributed by atoms with Crippen molar-refractivity contribution in [3.05, 3.63) is 69.8 Å². The second kappa shape index (κ2) is 8.55. The molecule has 156 valence electrons. The number of benzene rings is 1. The quantitative estimate of drug-likeness (QED) is 0.357. The molecule has 3 aromatic rings. The van der Waals surface area contributed by atoms with E-state index in [1.807, 2.05) is 0 Å². The molecule has 0 aliphatic heterocycles. The molecular weight excluding hydrogens is 392 g/mol. The van der Waals surface area contributed by atoms with Gasteiger partial charge in [-0.25, -0.2) is 4.79 Å². The van der Waals surface area contributed by atoms with Crippen LogP contribution in [0.15, 0.2) is 42.9 Å². The van der Waals surface area contributed by atoms with Crippen molar-refractivity contribution >= 4 is 23.3 Å². The van der Waals surface area contributed by atoms with E-state index in [0.29, 0.717) is 17.8 Å². The highest BCUT2D eigenvalue weighted by Gasteiger charge is 2.24.